The Hall–Kier alpha value is -1.88. The molecule has 0 radical (unpaired) electrons. The third kappa shape index (κ3) is 4.03. The van der Waals surface area contributed by atoms with E-state index < -0.39 is 11.8 Å². The number of amides is 2. The van der Waals surface area contributed by atoms with Crippen molar-refractivity contribution < 1.29 is 9.59 Å². The molecule has 2 aliphatic rings. The van der Waals surface area contributed by atoms with Gasteiger partial charge in [0.05, 0.1) is 0 Å². The number of likely N-dealkylation sites (tertiary alicyclic amines) is 1. The summed E-state index contributed by atoms with van der Waals surface area (Å²) in [5.74, 6) is -0.918. The molecule has 136 valence electrons. The van der Waals surface area contributed by atoms with Gasteiger partial charge in [-0.3, -0.25) is 14.5 Å². The van der Waals surface area contributed by atoms with Crippen molar-refractivity contribution in [3.8, 4) is 0 Å². The van der Waals surface area contributed by atoms with Crippen LogP contribution in [-0.2, 0) is 22.4 Å². The standard InChI is InChI=1S/C20H29N3O2/c1-14(2)21-19(24)20(25)22(3)17-9-6-10-23(13-17)18-11-15-7-4-5-8-16(15)12-18/h4-5,7-8,14,17-18H,6,9-13H2,1-3H3,(H,21,24). The van der Waals surface area contributed by atoms with Crippen molar-refractivity contribution in [3.63, 3.8) is 0 Å². The molecule has 0 aromatic heterocycles. The molecule has 5 heteroatoms. The van der Waals surface area contributed by atoms with Gasteiger partial charge in [-0.25, -0.2) is 0 Å². The summed E-state index contributed by atoms with van der Waals surface area (Å²) < 4.78 is 0. The van der Waals surface area contributed by atoms with Crippen LogP contribution in [-0.4, -0.2) is 59.9 Å². The molecule has 0 spiro atoms. The molecule has 1 saturated heterocycles. The number of piperidine rings is 1. The van der Waals surface area contributed by atoms with Gasteiger partial charge in [0.15, 0.2) is 0 Å². The third-order valence-corrected chi connectivity index (χ3v) is 5.46. The Balaban J connectivity index is 1.60. The minimum atomic E-state index is -0.497. The summed E-state index contributed by atoms with van der Waals surface area (Å²) in [6.45, 7) is 5.67. The molecule has 1 aromatic carbocycles. The third-order valence-electron chi connectivity index (χ3n) is 5.46. The van der Waals surface area contributed by atoms with Crippen molar-refractivity contribution in [2.24, 2.45) is 0 Å². The van der Waals surface area contributed by atoms with Crippen LogP contribution in [0.1, 0.15) is 37.8 Å². The van der Waals surface area contributed by atoms with Crippen LogP contribution in [0.25, 0.3) is 0 Å². The molecule has 1 atom stereocenters. The topological polar surface area (TPSA) is 52.7 Å². The molecule has 3 rings (SSSR count). The summed E-state index contributed by atoms with van der Waals surface area (Å²) in [6, 6.07) is 9.28. The Morgan fingerprint density at radius 1 is 1.20 bits per heavy atom. The van der Waals surface area contributed by atoms with Crippen LogP contribution in [0.4, 0.5) is 0 Å². The molecule has 0 saturated carbocycles. The number of likely N-dealkylation sites (N-methyl/N-ethyl adjacent to an activating group) is 1. The molecule has 1 unspecified atom stereocenters. The van der Waals surface area contributed by atoms with Gasteiger partial charge in [0, 0.05) is 31.7 Å². The number of benzene rings is 1. The smallest absolute Gasteiger partial charge is 0.311 e. The van der Waals surface area contributed by atoms with E-state index >= 15 is 0 Å². The summed E-state index contributed by atoms with van der Waals surface area (Å²) in [7, 11) is 1.76. The van der Waals surface area contributed by atoms with Crippen molar-refractivity contribution in [2.45, 2.75) is 57.7 Å². The Labute approximate surface area is 150 Å². The van der Waals surface area contributed by atoms with Crippen LogP contribution < -0.4 is 5.32 Å². The second kappa shape index (κ2) is 7.56. The lowest BCUT2D eigenvalue weighted by molar-refractivity contribution is -0.147. The van der Waals surface area contributed by atoms with Gasteiger partial charge in [-0.1, -0.05) is 24.3 Å². The number of carbonyl (C=O) groups is 2. The van der Waals surface area contributed by atoms with Crippen molar-refractivity contribution in [1.82, 2.24) is 15.1 Å². The maximum Gasteiger partial charge on any atom is 0.311 e. The number of fused-ring (bicyclic) bond motifs is 1. The van der Waals surface area contributed by atoms with Crippen molar-refractivity contribution >= 4 is 11.8 Å². The van der Waals surface area contributed by atoms with Gasteiger partial charge in [0.25, 0.3) is 0 Å². The lowest BCUT2D eigenvalue weighted by Gasteiger charge is -2.40. The first-order chi connectivity index (χ1) is 12.0. The number of rotatable bonds is 3. The van der Waals surface area contributed by atoms with E-state index in [0.717, 1.165) is 38.8 Å². The minimum absolute atomic E-state index is 0.0234. The molecule has 2 amide bonds. The molecule has 1 aliphatic carbocycles. The minimum Gasteiger partial charge on any atom is -0.346 e. The van der Waals surface area contributed by atoms with E-state index in [0.29, 0.717) is 6.04 Å². The number of hydrogen-bond donors (Lipinski definition) is 1. The first kappa shape index (κ1) is 17.9. The number of carbonyl (C=O) groups excluding carboxylic acids is 2. The molecule has 0 bridgehead atoms. The Morgan fingerprint density at radius 3 is 2.44 bits per heavy atom. The zero-order chi connectivity index (χ0) is 18.0. The first-order valence-corrected chi connectivity index (χ1v) is 9.34. The van der Waals surface area contributed by atoms with Crippen LogP contribution in [0, 0.1) is 0 Å². The summed E-state index contributed by atoms with van der Waals surface area (Å²) in [6.07, 6.45) is 4.22. The van der Waals surface area contributed by atoms with Crippen LogP contribution in [0.2, 0.25) is 0 Å². The fourth-order valence-corrected chi connectivity index (χ4v) is 4.07. The van der Waals surface area contributed by atoms with Gasteiger partial charge >= 0.3 is 11.8 Å². The van der Waals surface area contributed by atoms with E-state index in [1.54, 1.807) is 11.9 Å². The van der Waals surface area contributed by atoms with Crippen molar-refractivity contribution in [2.75, 3.05) is 20.1 Å². The van der Waals surface area contributed by atoms with E-state index in [2.05, 4.69) is 34.5 Å². The van der Waals surface area contributed by atoms with Gasteiger partial charge in [-0.2, -0.15) is 0 Å². The fraction of sp³-hybridized carbons (Fsp3) is 0.600. The molecule has 1 aliphatic heterocycles. The zero-order valence-corrected chi connectivity index (χ0v) is 15.5. The fourth-order valence-electron chi connectivity index (χ4n) is 4.07. The van der Waals surface area contributed by atoms with Crippen molar-refractivity contribution in [1.29, 1.82) is 0 Å². The van der Waals surface area contributed by atoms with Crippen LogP contribution in [0.5, 0.6) is 0 Å². The second-order valence-corrected chi connectivity index (χ2v) is 7.67. The highest BCUT2D eigenvalue weighted by atomic mass is 16.2. The van der Waals surface area contributed by atoms with Crippen LogP contribution in [0.3, 0.4) is 0 Å². The van der Waals surface area contributed by atoms with E-state index in [-0.39, 0.29) is 12.1 Å². The highest BCUT2D eigenvalue weighted by Crippen LogP contribution is 2.28. The SMILES string of the molecule is CC(C)NC(=O)C(=O)N(C)C1CCCN(C2Cc3ccccc3C2)C1. The predicted octanol–water partition coefficient (Wildman–Crippen LogP) is 1.60. The number of nitrogens with one attached hydrogen (secondary N) is 1. The van der Waals surface area contributed by atoms with Crippen LogP contribution >= 0.6 is 0 Å². The average molecular weight is 343 g/mol. The Kier molecular flexibility index (Phi) is 5.42. The summed E-state index contributed by atoms with van der Waals surface area (Å²) >= 11 is 0. The molecule has 25 heavy (non-hydrogen) atoms. The average Bonchev–Trinajstić information content (AvgIpc) is 3.04. The Morgan fingerprint density at radius 2 is 1.84 bits per heavy atom. The number of hydrogen-bond acceptors (Lipinski definition) is 3. The van der Waals surface area contributed by atoms with Gasteiger partial charge in [0.2, 0.25) is 0 Å². The summed E-state index contributed by atoms with van der Waals surface area (Å²) in [5, 5.41) is 2.70. The van der Waals surface area contributed by atoms with Gasteiger partial charge in [-0.15, -0.1) is 0 Å². The molecular weight excluding hydrogens is 314 g/mol. The largest absolute Gasteiger partial charge is 0.346 e. The Bertz CT molecular complexity index is 619. The zero-order valence-electron chi connectivity index (χ0n) is 15.5. The lowest BCUT2D eigenvalue weighted by Crippen LogP contribution is -2.54. The van der Waals surface area contributed by atoms with E-state index in [4.69, 9.17) is 0 Å². The second-order valence-electron chi connectivity index (χ2n) is 7.67. The van der Waals surface area contributed by atoms with Crippen LogP contribution in [0.15, 0.2) is 24.3 Å². The number of nitrogens with zero attached hydrogens (tertiary/aromatic N) is 2. The van der Waals surface area contributed by atoms with Crippen molar-refractivity contribution in [3.05, 3.63) is 35.4 Å². The molecular formula is C20H29N3O2. The molecule has 1 fully saturated rings. The molecule has 1 aromatic rings. The van der Waals surface area contributed by atoms with Gasteiger partial charge < -0.3 is 10.2 Å². The summed E-state index contributed by atoms with van der Waals surface area (Å²) in [5.41, 5.74) is 2.91. The maximum absolute atomic E-state index is 12.4. The predicted molar refractivity (Wildman–Crippen MR) is 98.3 cm³/mol. The highest BCUT2D eigenvalue weighted by Gasteiger charge is 2.34. The monoisotopic (exact) mass is 343 g/mol. The highest BCUT2D eigenvalue weighted by molar-refractivity contribution is 6.35. The quantitative estimate of drug-likeness (QED) is 0.848. The summed E-state index contributed by atoms with van der Waals surface area (Å²) in [4.78, 5) is 28.5. The normalized spacial score (nSPS) is 21.2. The molecule has 5 nitrogen and oxygen atoms in total. The lowest BCUT2D eigenvalue weighted by atomic mass is 10.0. The van der Waals surface area contributed by atoms with E-state index in [1.165, 1.54) is 11.1 Å². The molecule has 1 heterocycles. The first-order valence-electron chi connectivity index (χ1n) is 9.34. The van der Waals surface area contributed by atoms with E-state index in [1.807, 2.05) is 13.8 Å². The van der Waals surface area contributed by atoms with Gasteiger partial charge in [-0.05, 0) is 57.2 Å². The van der Waals surface area contributed by atoms with Gasteiger partial charge in [0.1, 0.15) is 0 Å². The van der Waals surface area contributed by atoms with E-state index in [9.17, 15) is 9.59 Å². The molecule has 1 N–H and O–H groups in total. The maximum atomic E-state index is 12.4.